The van der Waals surface area contributed by atoms with Crippen LogP contribution in [0.3, 0.4) is 0 Å². The Kier molecular flexibility index (Phi) is 4.20. The van der Waals surface area contributed by atoms with Gasteiger partial charge in [-0.05, 0) is 18.6 Å². The molecule has 1 atom stereocenters. The fraction of sp³-hybridized carbons (Fsp3) is 0.167. The van der Waals surface area contributed by atoms with E-state index in [0.717, 1.165) is 12.0 Å². The van der Waals surface area contributed by atoms with E-state index >= 15 is 0 Å². The highest BCUT2D eigenvalue weighted by atomic mass is 32.2. The van der Waals surface area contributed by atoms with Gasteiger partial charge in [0, 0.05) is 17.7 Å². The van der Waals surface area contributed by atoms with Crippen LogP contribution in [0, 0.1) is 0 Å². The Bertz CT molecular complexity index is 779. The van der Waals surface area contributed by atoms with Crippen LogP contribution in [0.15, 0.2) is 69.4 Å². The largest absolute Gasteiger partial charge is 0.506 e. The van der Waals surface area contributed by atoms with Crippen LogP contribution >= 0.6 is 0 Å². The summed E-state index contributed by atoms with van der Waals surface area (Å²) in [5.74, 6) is 0.0765. The van der Waals surface area contributed by atoms with E-state index in [-0.39, 0.29) is 5.76 Å². The molecule has 1 heterocycles. The fourth-order valence-corrected chi connectivity index (χ4v) is 3.89. The third-order valence-corrected chi connectivity index (χ3v) is 5.01. The van der Waals surface area contributed by atoms with E-state index in [0.29, 0.717) is 27.6 Å². The summed E-state index contributed by atoms with van der Waals surface area (Å²) in [6.45, 7) is 2.68. The quantitative estimate of drug-likeness (QED) is 0.870. The predicted octanol–water partition coefficient (Wildman–Crippen LogP) is 3.93. The van der Waals surface area contributed by atoms with Crippen molar-refractivity contribution in [3.63, 3.8) is 0 Å². The van der Waals surface area contributed by atoms with Gasteiger partial charge in [0.1, 0.15) is 10.7 Å². The molecule has 0 fully saturated rings. The highest BCUT2D eigenvalue weighted by molar-refractivity contribution is 7.90. The standard InChI is InChI=1S/C18H17NO2S/c1-2-12-19-16(13-8-4-3-5-9-13)18-17(20)14-10-6-7-11-15(14)22(18)21/h3-11,20H,2,12H2,1H3. The average Bonchev–Trinajstić information content (AvgIpc) is 2.82. The predicted molar refractivity (Wildman–Crippen MR) is 90.5 cm³/mol. The SMILES string of the molecule is CCCN=C(C1=C(O)c2ccccc2S1=O)c1ccccc1. The summed E-state index contributed by atoms with van der Waals surface area (Å²) in [5.41, 5.74) is 2.13. The van der Waals surface area contributed by atoms with Gasteiger partial charge in [-0.25, -0.2) is 4.21 Å². The lowest BCUT2D eigenvalue weighted by atomic mass is 10.1. The summed E-state index contributed by atoms with van der Waals surface area (Å²) < 4.78 is 12.8. The number of nitrogens with zero attached hydrogens (tertiary/aromatic N) is 1. The summed E-state index contributed by atoms with van der Waals surface area (Å²) >= 11 is 0. The summed E-state index contributed by atoms with van der Waals surface area (Å²) in [4.78, 5) is 5.65. The normalized spacial score (nSPS) is 17.7. The lowest BCUT2D eigenvalue weighted by Crippen LogP contribution is -2.10. The van der Waals surface area contributed by atoms with Gasteiger partial charge in [-0.3, -0.25) is 4.99 Å². The number of rotatable bonds is 4. The molecule has 0 bridgehead atoms. The molecule has 0 saturated heterocycles. The van der Waals surface area contributed by atoms with Crippen molar-refractivity contribution in [1.82, 2.24) is 0 Å². The molecule has 0 saturated carbocycles. The molecule has 0 amide bonds. The van der Waals surface area contributed by atoms with Crippen LogP contribution in [0.4, 0.5) is 0 Å². The molecule has 0 aliphatic carbocycles. The first kappa shape index (κ1) is 14.7. The van der Waals surface area contributed by atoms with Crippen molar-refractivity contribution in [3.05, 3.63) is 70.6 Å². The number of fused-ring (bicyclic) bond motifs is 1. The van der Waals surface area contributed by atoms with Crippen LogP contribution in [0.2, 0.25) is 0 Å². The molecule has 0 aromatic heterocycles. The van der Waals surface area contributed by atoms with E-state index in [1.165, 1.54) is 0 Å². The monoisotopic (exact) mass is 311 g/mol. The summed E-state index contributed by atoms with van der Waals surface area (Å²) in [7, 11) is -1.40. The average molecular weight is 311 g/mol. The molecule has 2 aromatic carbocycles. The van der Waals surface area contributed by atoms with Gasteiger partial charge in [0.2, 0.25) is 0 Å². The molecule has 0 radical (unpaired) electrons. The number of allylic oxidation sites excluding steroid dienone is 1. The van der Waals surface area contributed by atoms with Gasteiger partial charge >= 0.3 is 0 Å². The number of aliphatic imine (C=N–C) groups is 1. The van der Waals surface area contributed by atoms with Crippen molar-refractivity contribution in [3.8, 4) is 0 Å². The van der Waals surface area contributed by atoms with Gasteiger partial charge < -0.3 is 5.11 Å². The third kappa shape index (κ3) is 2.50. The van der Waals surface area contributed by atoms with Crippen molar-refractivity contribution in [1.29, 1.82) is 0 Å². The lowest BCUT2D eigenvalue weighted by Gasteiger charge is -2.08. The molecule has 1 aliphatic rings. The molecule has 112 valence electrons. The summed E-state index contributed by atoms with van der Waals surface area (Å²) in [5, 5.41) is 10.5. The van der Waals surface area contributed by atoms with Crippen LogP contribution in [0.1, 0.15) is 24.5 Å². The zero-order chi connectivity index (χ0) is 15.5. The molecular formula is C18H17NO2S. The first-order valence-electron chi connectivity index (χ1n) is 7.28. The van der Waals surface area contributed by atoms with Crippen LogP contribution in [-0.4, -0.2) is 21.6 Å². The Hall–Kier alpha value is -2.20. The third-order valence-electron chi connectivity index (χ3n) is 3.50. The van der Waals surface area contributed by atoms with E-state index in [9.17, 15) is 9.32 Å². The number of benzene rings is 2. The Morgan fingerprint density at radius 2 is 1.77 bits per heavy atom. The van der Waals surface area contributed by atoms with Gasteiger partial charge in [0.05, 0.1) is 21.4 Å². The van der Waals surface area contributed by atoms with Crippen molar-refractivity contribution in [2.24, 2.45) is 4.99 Å². The molecule has 22 heavy (non-hydrogen) atoms. The minimum Gasteiger partial charge on any atom is -0.506 e. The van der Waals surface area contributed by atoms with Crippen molar-refractivity contribution >= 4 is 22.3 Å². The van der Waals surface area contributed by atoms with Gasteiger partial charge in [-0.2, -0.15) is 0 Å². The molecule has 1 aliphatic heterocycles. The van der Waals surface area contributed by atoms with Gasteiger partial charge in [0.15, 0.2) is 0 Å². The Labute approximate surface area is 132 Å². The number of hydrogen-bond acceptors (Lipinski definition) is 3. The van der Waals surface area contributed by atoms with Crippen molar-refractivity contribution < 1.29 is 9.32 Å². The lowest BCUT2D eigenvalue weighted by molar-refractivity contribution is 0.511. The van der Waals surface area contributed by atoms with Crippen molar-refractivity contribution in [2.75, 3.05) is 6.54 Å². The van der Waals surface area contributed by atoms with E-state index in [1.807, 2.05) is 49.4 Å². The molecule has 2 aromatic rings. The van der Waals surface area contributed by atoms with Crippen LogP contribution < -0.4 is 0 Å². The molecule has 1 unspecified atom stereocenters. The second-order valence-corrected chi connectivity index (χ2v) is 6.42. The smallest absolute Gasteiger partial charge is 0.142 e. The minimum absolute atomic E-state index is 0.0765. The maximum Gasteiger partial charge on any atom is 0.142 e. The zero-order valence-corrected chi connectivity index (χ0v) is 13.1. The summed E-state index contributed by atoms with van der Waals surface area (Å²) in [6, 6.07) is 16.9. The minimum atomic E-state index is -1.40. The second-order valence-electron chi connectivity index (χ2n) is 5.04. The van der Waals surface area contributed by atoms with Crippen LogP contribution in [0.25, 0.3) is 5.76 Å². The van der Waals surface area contributed by atoms with Gasteiger partial charge in [0.25, 0.3) is 0 Å². The Balaban J connectivity index is 2.15. The second kappa shape index (κ2) is 6.28. The number of aliphatic hydroxyl groups excluding tert-OH is 1. The molecule has 3 rings (SSSR count). The molecule has 0 spiro atoms. The first-order valence-corrected chi connectivity index (χ1v) is 8.43. The molecule has 4 heteroatoms. The van der Waals surface area contributed by atoms with Crippen molar-refractivity contribution in [2.45, 2.75) is 18.2 Å². The van der Waals surface area contributed by atoms with E-state index < -0.39 is 10.8 Å². The van der Waals surface area contributed by atoms with E-state index in [2.05, 4.69) is 4.99 Å². The van der Waals surface area contributed by atoms with Gasteiger partial charge in [-0.1, -0.05) is 49.4 Å². The molecule has 3 nitrogen and oxygen atoms in total. The first-order chi connectivity index (χ1) is 10.7. The van der Waals surface area contributed by atoms with Crippen LogP contribution in [-0.2, 0) is 10.8 Å². The number of hydrogen-bond donors (Lipinski definition) is 1. The maximum atomic E-state index is 12.8. The zero-order valence-electron chi connectivity index (χ0n) is 12.3. The number of aliphatic hydroxyl groups is 1. The molecule has 1 N–H and O–H groups in total. The van der Waals surface area contributed by atoms with Crippen LogP contribution in [0.5, 0.6) is 0 Å². The highest BCUT2D eigenvalue weighted by Crippen LogP contribution is 2.36. The Morgan fingerprint density at radius 1 is 1.09 bits per heavy atom. The Morgan fingerprint density at radius 3 is 2.45 bits per heavy atom. The molecular weight excluding hydrogens is 294 g/mol. The van der Waals surface area contributed by atoms with E-state index in [4.69, 9.17) is 0 Å². The van der Waals surface area contributed by atoms with E-state index in [1.54, 1.807) is 12.1 Å². The fourth-order valence-electron chi connectivity index (χ4n) is 2.46. The topological polar surface area (TPSA) is 49.7 Å². The summed E-state index contributed by atoms with van der Waals surface area (Å²) in [6.07, 6.45) is 0.893. The maximum absolute atomic E-state index is 12.8. The van der Waals surface area contributed by atoms with Gasteiger partial charge in [-0.15, -0.1) is 0 Å². The highest BCUT2D eigenvalue weighted by Gasteiger charge is 2.32.